The minimum atomic E-state index is -1.38. The fourth-order valence-electron chi connectivity index (χ4n) is 2.21. The standard InChI is InChI=1S/C13H14N2O4/c16-8-10-13(17,6-7-18-10)12-14-11(19-15-12)9-4-2-1-3-5-9/h1-5,10,16-17H,6-8H2/t10-,13-/m0/s1. The highest BCUT2D eigenvalue weighted by atomic mass is 16.5. The molecule has 0 radical (unpaired) electrons. The molecule has 2 heterocycles. The van der Waals surface area contributed by atoms with Crippen LogP contribution in [-0.4, -0.2) is 39.7 Å². The minimum Gasteiger partial charge on any atom is -0.394 e. The fourth-order valence-corrected chi connectivity index (χ4v) is 2.21. The van der Waals surface area contributed by atoms with Crippen LogP contribution in [0.2, 0.25) is 0 Å². The molecule has 1 saturated heterocycles. The van der Waals surface area contributed by atoms with Crippen molar-refractivity contribution in [1.29, 1.82) is 0 Å². The highest BCUT2D eigenvalue weighted by molar-refractivity contribution is 5.52. The molecule has 1 fully saturated rings. The van der Waals surface area contributed by atoms with Crippen LogP contribution in [0.1, 0.15) is 12.2 Å². The first-order chi connectivity index (χ1) is 9.24. The Hall–Kier alpha value is -1.76. The average Bonchev–Trinajstić information content (AvgIpc) is 3.07. The number of ether oxygens (including phenoxy) is 1. The number of rotatable bonds is 3. The molecule has 1 aromatic carbocycles. The van der Waals surface area contributed by atoms with E-state index in [0.717, 1.165) is 5.56 Å². The van der Waals surface area contributed by atoms with Crippen LogP contribution in [0.4, 0.5) is 0 Å². The summed E-state index contributed by atoms with van der Waals surface area (Å²) in [5.74, 6) is 0.496. The summed E-state index contributed by atoms with van der Waals surface area (Å²) in [5.41, 5.74) is -0.602. The lowest BCUT2D eigenvalue weighted by Gasteiger charge is -2.22. The first-order valence-corrected chi connectivity index (χ1v) is 6.08. The SMILES string of the molecule is OC[C@@H]1OCC[C@@]1(O)c1noc(-c2ccccc2)n1. The van der Waals surface area contributed by atoms with Gasteiger partial charge in [-0.25, -0.2) is 0 Å². The normalized spacial score (nSPS) is 26.7. The van der Waals surface area contributed by atoms with Crippen LogP contribution in [0.5, 0.6) is 0 Å². The Morgan fingerprint density at radius 3 is 2.84 bits per heavy atom. The maximum Gasteiger partial charge on any atom is 0.258 e. The van der Waals surface area contributed by atoms with Crippen LogP contribution >= 0.6 is 0 Å². The van der Waals surface area contributed by atoms with Gasteiger partial charge in [0, 0.05) is 12.0 Å². The maximum atomic E-state index is 10.5. The number of nitrogens with zero attached hydrogens (tertiary/aromatic N) is 2. The molecule has 2 aromatic rings. The Bertz CT molecular complexity index is 557. The molecule has 2 atom stereocenters. The first-order valence-electron chi connectivity index (χ1n) is 6.08. The van der Waals surface area contributed by atoms with Crippen LogP contribution in [0.25, 0.3) is 11.5 Å². The smallest absolute Gasteiger partial charge is 0.258 e. The third-order valence-electron chi connectivity index (χ3n) is 3.33. The summed E-state index contributed by atoms with van der Waals surface area (Å²) in [5, 5.41) is 23.5. The van der Waals surface area contributed by atoms with E-state index in [1.807, 2.05) is 30.3 Å². The van der Waals surface area contributed by atoms with E-state index >= 15 is 0 Å². The van der Waals surface area contributed by atoms with Crippen LogP contribution in [0, 0.1) is 0 Å². The third kappa shape index (κ3) is 2.03. The van der Waals surface area contributed by atoms with E-state index in [2.05, 4.69) is 10.1 Å². The lowest BCUT2D eigenvalue weighted by atomic mass is 9.95. The van der Waals surface area contributed by atoms with Crippen LogP contribution < -0.4 is 0 Å². The summed E-state index contributed by atoms with van der Waals surface area (Å²) in [6.45, 7) is 0.0721. The van der Waals surface area contributed by atoms with Gasteiger partial charge >= 0.3 is 0 Å². The van der Waals surface area contributed by atoms with Crippen LogP contribution in [0.15, 0.2) is 34.9 Å². The molecule has 0 amide bonds. The summed E-state index contributed by atoms with van der Waals surface area (Å²) in [4.78, 5) is 4.21. The zero-order chi connectivity index (χ0) is 13.3. The quantitative estimate of drug-likeness (QED) is 0.846. The molecule has 0 aliphatic carbocycles. The maximum absolute atomic E-state index is 10.5. The number of aliphatic hydroxyl groups is 2. The van der Waals surface area contributed by atoms with E-state index < -0.39 is 11.7 Å². The van der Waals surface area contributed by atoms with Gasteiger partial charge in [0.25, 0.3) is 5.89 Å². The van der Waals surface area contributed by atoms with Gasteiger partial charge in [-0.3, -0.25) is 0 Å². The van der Waals surface area contributed by atoms with Crippen molar-refractivity contribution in [2.45, 2.75) is 18.1 Å². The highest BCUT2D eigenvalue weighted by Gasteiger charge is 2.47. The second-order valence-corrected chi connectivity index (χ2v) is 4.51. The first kappa shape index (κ1) is 12.3. The Balaban J connectivity index is 1.93. The number of hydrogen-bond donors (Lipinski definition) is 2. The minimum absolute atomic E-state index is 0.155. The number of aromatic nitrogens is 2. The Morgan fingerprint density at radius 2 is 2.11 bits per heavy atom. The van der Waals surface area contributed by atoms with E-state index in [0.29, 0.717) is 18.9 Å². The van der Waals surface area contributed by atoms with Crippen molar-refractivity contribution in [2.24, 2.45) is 0 Å². The predicted molar refractivity (Wildman–Crippen MR) is 65.1 cm³/mol. The van der Waals surface area contributed by atoms with Crippen molar-refractivity contribution < 1.29 is 19.5 Å². The number of benzene rings is 1. The highest BCUT2D eigenvalue weighted by Crippen LogP contribution is 2.34. The van der Waals surface area contributed by atoms with Crippen molar-refractivity contribution in [2.75, 3.05) is 13.2 Å². The molecular formula is C13H14N2O4. The zero-order valence-electron chi connectivity index (χ0n) is 10.2. The molecule has 0 unspecified atom stereocenters. The van der Waals surface area contributed by atoms with Gasteiger partial charge in [0.2, 0.25) is 5.82 Å². The Labute approximate surface area is 109 Å². The molecule has 1 aromatic heterocycles. The summed E-state index contributed by atoms with van der Waals surface area (Å²) in [6.07, 6.45) is -0.375. The summed E-state index contributed by atoms with van der Waals surface area (Å²) in [7, 11) is 0. The fraction of sp³-hybridized carbons (Fsp3) is 0.385. The van der Waals surface area contributed by atoms with Gasteiger partial charge in [-0.15, -0.1) is 0 Å². The van der Waals surface area contributed by atoms with Gasteiger partial charge in [0.15, 0.2) is 5.60 Å². The largest absolute Gasteiger partial charge is 0.394 e. The van der Waals surface area contributed by atoms with Gasteiger partial charge in [0.1, 0.15) is 6.10 Å². The van der Waals surface area contributed by atoms with E-state index in [4.69, 9.17) is 9.26 Å². The van der Waals surface area contributed by atoms with Crippen molar-refractivity contribution in [3.05, 3.63) is 36.2 Å². The van der Waals surface area contributed by atoms with Crippen LogP contribution in [0.3, 0.4) is 0 Å². The topological polar surface area (TPSA) is 88.6 Å². The molecule has 0 bridgehead atoms. The molecule has 6 heteroatoms. The molecule has 0 saturated carbocycles. The summed E-state index contributed by atoms with van der Waals surface area (Å²) >= 11 is 0. The molecule has 3 rings (SSSR count). The van der Waals surface area contributed by atoms with Crippen molar-refractivity contribution in [1.82, 2.24) is 10.1 Å². The molecule has 1 aliphatic rings. The zero-order valence-corrected chi connectivity index (χ0v) is 10.2. The van der Waals surface area contributed by atoms with E-state index in [9.17, 15) is 10.2 Å². The summed E-state index contributed by atoms with van der Waals surface area (Å²) < 4.78 is 10.4. The molecule has 6 nitrogen and oxygen atoms in total. The second kappa shape index (κ2) is 4.73. The van der Waals surface area contributed by atoms with Gasteiger partial charge in [-0.2, -0.15) is 4.98 Å². The Morgan fingerprint density at radius 1 is 1.32 bits per heavy atom. The summed E-state index contributed by atoms with van der Waals surface area (Å²) in [6, 6.07) is 9.30. The third-order valence-corrected chi connectivity index (χ3v) is 3.33. The van der Waals surface area contributed by atoms with Crippen LogP contribution in [-0.2, 0) is 10.3 Å². The molecule has 19 heavy (non-hydrogen) atoms. The van der Waals surface area contributed by atoms with Gasteiger partial charge in [0.05, 0.1) is 13.2 Å². The average molecular weight is 262 g/mol. The van der Waals surface area contributed by atoms with Crippen molar-refractivity contribution in [3.8, 4) is 11.5 Å². The van der Waals surface area contributed by atoms with Gasteiger partial charge < -0.3 is 19.5 Å². The lowest BCUT2D eigenvalue weighted by Crippen LogP contribution is -2.38. The molecular weight excluding hydrogens is 248 g/mol. The molecule has 2 N–H and O–H groups in total. The molecule has 0 spiro atoms. The number of hydrogen-bond acceptors (Lipinski definition) is 6. The molecule has 1 aliphatic heterocycles. The monoisotopic (exact) mass is 262 g/mol. The van der Waals surface area contributed by atoms with E-state index in [1.165, 1.54) is 0 Å². The predicted octanol–water partition coefficient (Wildman–Crippen LogP) is 0.705. The van der Waals surface area contributed by atoms with Gasteiger partial charge in [-0.1, -0.05) is 23.4 Å². The second-order valence-electron chi connectivity index (χ2n) is 4.51. The Kier molecular flexibility index (Phi) is 3.06. The number of aliphatic hydroxyl groups excluding tert-OH is 1. The molecule has 100 valence electrons. The van der Waals surface area contributed by atoms with Crippen molar-refractivity contribution in [3.63, 3.8) is 0 Å². The lowest BCUT2D eigenvalue weighted by molar-refractivity contribution is -0.0715. The van der Waals surface area contributed by atoms with Crippen molar-refractivity contribution >= 4 is 0 Å². The van der Waals surface area contributed by atoms with E-state index in [1.54, 1.807) is 0 Å². The van der Waals surface area contributed by atoms with E-state index in [-0.39, 0.29) is 12.4 Å². The van der Waals surface area contributed by atoms with Gasteiger partial charge in [-0.05, 0) is 12.1 Å².